The summed E-state index contributed by atoms with van der Waals surface area (Å²) in [4.78, 5) is 4.02. The lowest BCUT2D eigenvalue weighted by Crippen LogP contribution is -2.40. The molecule has 0 spiro atoms. The highest BCUT2D eigenvalue weighted by molar-refractivity contribution is 9.09. The molecule has 16 heavy (non-hydrogen) atoms. The molecule has 0 amide bonds. The lowest BCUT2D eigenvalue weighted by molar-refractivity contribution is -0.251. The minimum atomic E-state index is -0.859. The van der Waals surface area contributed by atoms with E-state index in [4.69, 9.17) is 14.2 Å². The van der Waals surface area contributed by atoms with E-state index in [1.165, 1.54) is 0 Å². The summed E-state index contributed by atoms with van der Waals surface area (Å²) in [7, 11) is 0. The van der Waals surface area contributed by atoms with Crippen LogP contribution >= 0.6 is 15.9 Å². The summed E-state index contributed by atoms with van der Waals surface area (Å²) in [6.07, 6.45) is 3.38. The standard InChI is InChI=1S/C11H14BrNO3/c1-3-14-11(15-4-2)8-5-6-13-7-9(8)16-10(11)12/h5-7,10H,3-4H2,1-2H3. The van der Waals surface area contributed by atoms with Crippen molar-refractivity contribution in [3.63, 3.8) is 0 Å². The molecule has 0 N–H and O–H groups in total. The van der Waals surface area contributed by atoms with Crippen molar-refractivity contribution in [1.29, 1.82) is 0 Å². The van der Waals surface area contributed by atoms with Gasteiger partial charge in [0.05, 0.1) is 11.8 Å². The number of hydrogen-bond acceptors (Lipinski definition) is 4. The van der Waals surface area contributed by atoms with Crippen molar-refractivity contribution in [3.05, 3.63) is 24.0 Å². The van der Waals surface area contributed by atoms with E-state index in [2.05, 4.69) is 20.9 Å². The highest BCUT2D eigenvalue weighted by Crippen LogP contribution is 2.46. The van der Waals surface area contributed by atoms with Crippen LogP contribution < -0.4 is 4.74 Å². The summed E-state index contributed by atoms with van der Waals surface area (Å²) < 4.78 is 17.1. The normalized spacial score (nSPS) is 21.6. The van der Waals surface area contributed by atoms with E-state index in [-0.39, 0.29) is 5.01 Å². The number of halogens is 1. The molecule has 0 saturated heterocycles. The second-order valence-corrected chi connectivity index (χ2v) is 4.17. The summed E-state index contributed by atoms with van der Waals surface area (Å²) in [6.45, 7) is 4.96. The van der Waals surface area contributed by atoms with E-state index in [0.717, 1.165) is 5.56 Å². The molecule has 1 aromatic rings. The fourth-order valence-electron chi connectivity index (χ4n) is 1.83. The highest BCUT2D eigenvalue weighted by Gasteiger charge is 2.50. The van der Waals surface area contributed by atoms with E-state index in [9.17, 15) is 0 Å². The first-order chi connectivity index (χ1) is 7.74. The van der Waals surface area contributed by atoms with Gasteiger partial charge in [0.25, 0.3) is 0 Å². The van der Waals surface area contributed by atoms with E-state index in [0.29, 0.717) is 19.0 Å². The molecule has 0 saturated carbocycles. The van der Waals surface area contributed by atoms with Crippen LogP contribution in [0, 0.1) is 0 Å². The molecule has 0 radical (unpaired) electrons. The topological polar surface area (TPSA) is 40.6 Å². The third-order valence-corrected chi connectivity index (χ3v) is 3.20. The lowest BCUT2D eigenvalue weighted by atomic mass is 10.1. The molecule has 88 valence electrons. The average molecular weight is 288 g/mol. The second-order valence-electron chi connectivity index (χ2n) is 3.34. The molecule has 2 heterocycles. The molecule has 1 aromatic heterocycles. The zero-order chi connectivity index (χ0) is 11.6. The van der Waals surface area contributed by atoms with Crippen molar-refractivity contribution in [2.75, 3.05) is 13.2 Å². The molecule has 4 nitrogen and oxygen atoms in total. The van der Waals surface area contributed by atoms with Crippen molar-refractivity contribution in [3.8, 4) is 5.75 Å². The van der Waals surface area contributed by atoms with Gasteiger partial charge in [-0.3, -0.25) is 4.98 Å². The number of fused-ring (bicyclic) bond motifs is 1. The maximum atomic E-state index is 5.75. The van der Waals surface area contributed by atoms with Crippen LogP contribution in [0.1, 0.15) is 19.4 Å². The van der Waals surface area contributed by atoms with Crippen LogP contribution in [0.5, 0.6) is 5.75 Å². The Morgan fingerprint density at radius 3 is 2.75 bits per heavy atom. The van der Waals surface area contributed by atoms with Crippen LogP contribution in [0.25, 0.3) is 0 Å². The van der Waals surface area contributed by atoms with Gasteiger partial charge in [-0.1, -0.05) is 0 Å². The van der Waals surface area contributed by atoms with Crippen molar-refractivity contribution < 1.29 is 14.2 Å². The highest BCUT2D eigenvalue weighted by atomic mass is 79.9. The number of ether oxygens (including phenoxy) is 3. The van der Waals surface area contributed by atoms with Gasteiger partial charge in [0, 0.05) is 19.4 Å². The third kappa shape index (κ3) is 1.73. The Morgan fingerprint density at radius 2 is 2.12 bits per heavy atom. The molecule has 2 rings (SSSR count). The van der Waals surface area contributed by atoms with E-state index >= 15 is 0 Å². The molecule has 1 unspecified atom stereocenters. The minimum absolute atomic E-state index is 0.348. The van der Waals surface area contributed by atoms with E-state index in [1.807, 2.05) is 19.9 Å². The van der Waals surface area contributed by atoms with Gasteiger partial charge in [0.2, 0.25) is 10.8 Å². The summed E-state index contributed by atoms with van der Waals surface area (Å²) in [5, 5.41) is -0.348. The van der Waals surface area contributed by atoms with Crippen molar-refractivity contribution in [2.24, 2.45) is 0 Å². The Hall–Kier alpha value is -0.650. The lowest BCUT2D eigenvalue weighted by Gasteiger charge is -2.30. The van der Waals surface area contributed by atoms with Crippen LogP contribution in [0.2, 0.25) is 0 Å². The van der Waals surface area contributed by atoms with Gasteiger partial charge < -0.3 is 14.2 Å². The van der Waals surface area contributed by atoms with Crippen molar-refractivity contribution in [1.82, 2.24) is 4.98 Å². The summed E-state index contributed by atoms with van der Waals surface area (Å²) >= 11 is 3.44. The number of hydrogen-bond donors (Lipinski definition) is 0. The van der Waals surface area contributed by atoms with Gasteiger partial charge in [-0.2, -0.15) is 0 Å². The Morgan fingerprint density at radius 1 is 1.44 bits per heavy atom. The van der Waals surface area contributed by atoms with Gasteiger partial charge in [-0.05, 0) is 35.8 Å². The average Bonchev–Trinajstić information content (AvgIpc) is 2.54. The SMILES string of the molecule is CCOC1(OCC)c2ccncc2OC1Br. The molecular formula is C11H14BrNO3. The Bertz CT molecular complexity index is 366. The molecule has 1 atom stereocenters. The number of nitrogens with zero attached hydrogens (tertiary/aromatic N) is 1. The maximum Gasteiger partial charge on any atom is 0.247 e. The molecule has 0 fully saturated rings. The largest absolute Gasteiger partial charge is 0.471 e. The first-order valence-electron chi connectivity index (χ1n) is 5.27. The molecule has 1 aliphatic heterocycles. The summed E-state index contributed by atoms with van der Waals surface area (Å²) in [5.41, 5.74) is 0.882. The zero-order valence-corrected chi connectivity index (χ0v) is 10.9. The predicted octanol–water partition coefficient (Wildman–Crippen LogP) is 2.42. The molecule has 0 bridgehead atoms. The molecule has 0 aliphatic carbocycles. The molecular weight excluding hydrogens is 274 g/mol. The van der Waals surface area contributed by atoms with Gasteiger partial charge in [-0.15, -0.1) is 0 Å². The third-order valence-electron chi connectivity index (χ3n) is 2.41. The van der Waals surface area contributed by atoms with Crippen LogP contribution in [0.4, 0.5) is 0 Å². The van der Waals surface area contributed by atoms with Gasteiger partial charge in [0.1, 0.15) is 5.75 Å². The fourth-order valence-corrected chi connectivity index (χ4v) is 2.54. The molecule has 1 aliphatic rings. The number of aromatic nitrogens is 1. The van der Waals surface area contributed by atoms with E-state index < -0.39 is 5.79 Å². The first kappa shape index (κ1) is 11.8. The Labute approximate surface area is 103 Å². The molecule has 0 aromatic carbocycles. The van der Waals surface area contributed by atoms with Gasteiger partial charge in [-0.25, -0.2) is 0 Å². The first-order valence-corrected chi connectivity index (χ1v) is 6.19. The smallest absolute Gasteiger partial charge is 0.247 e. The second kappa shape index (κ2) is 4.69. The Balaban J connectivity index is 2.43. The zero-order valence-electron chi connectivity index (χ0n) is 9.27. The summed E-state index contributed by atoms with van der Waals surface area (Å²) in [5.74, 6) is -0.159. The van der Waals surface area contributed by atoms with E-state index in [1.54, 1.807) is 12.4 Å². The minimum Gasteiger partial charge on any atom is -0.471 e. The fraction of sp³-hybridized carbons (Fsp3) is 0.545. The van der Waals surface area contributed by atoms with Crippen molar-refractivity contribution in [2.45, 2.75) is 24.6 Å². The monoisotopic (exact) mass is 287 g/mol. The predicted molar refractivity (Wildman–Crippen MR) is 62.5 cm³/mol. The van der Waals surface area contributed by atoms with Gasteiger partial charge in [0.15, 0.2) is 0 Å². The number of alkyl halides is 1. The molecule has 5 heteroatoms. The van der Waals surface area contributed by atoms with Crippen LogP contribution in [0.3, 0.4) is 0 Å². The van der Waals surface area contributed by atoms with Gasteiger partial charge >= 0.3 is 0 Å². The van der Waals surface area contributed by atoms with Crippen LogP contribution in [-0.2, 0) is 15.3 Å². The van der Waals surface area contributed by atoms with Crippen LogP contribution in [-0.4, -0.2) is 23.2 Å². The van der Waals surface area contributed by atoms with Crippen molar-refractivity contribution >= 4 is 15.9 Å². The summed E-state index contributed by atoms with van der Waals surface area (Å²) in [6, 6.07) is 1.86. The maximum absolute atomic E-state index is 5.75. The number of pyridine rings is 1. The Kier molecular flexibility index (Phi) is 3.47. The number of rotatable bonds is 4. The van der Waals surface area contributed by atoms with Crippen LogP contribution in [0.15, 0.2) is 18.5 Å². The quantitative estimate of drug-likeness (QED) is 0.630.